The van der Waals surface area contributed by atoms with Crippen LogP contribution in [0.4, 0.5) is 0 Å². The number of aromatic nitrogens is 3. The third-order valence-electron chi connectivity index (χ3n) is 4.11. The average molecular weight is 400 g/mol. The molecule has 0 fully saturated rings. The third kappa shape index (κ3) is 3.61. The van der Waals surface area contributed by atoms with Gasteiger partial charge in [-0.1, -0.05) is 47.3 Å². The molecule has 0 aliphatic carbocycles. The minimum atomic E-state index is -3.76. The van der Waals surface area contributed by atoms with Crippen LogP contribution in [0.5, 0.6) is 0 Å². The fourth-order valence-corrected chi connectivity index (χ4v) is 4.12. The summed E-state index contributed by atoms with van der Waals surface area (Å²) in [6.45, 7) is 0. The zero-order valence-electron chi connectivity index (χ0n) is 14.4. The quantitative estimate of drug-likeness (QED) is 0.516. The Labute approximate surface area is 160 Å². The summed E-state index contributed by atoms with van der Waals surface area (Å²) in [7, 11) is -1.87. The lowest BCUT2D eigenvalue weighted by atomic mass is 10.2. The van der Waals surface area contributed by atoms with Crippen molar-refractivity contribution >= 4 is 32.8 Å². The molecule has 138 valence electrons. The molecule has 0 saturated carbocycles. The van der Waals surface area contributed by atoms with E-state index in [9.17, 15) is 8.42 Å². The summed E-state index contributed by atoms with van der Waals surface area (Å²) in [6, 6.07) is 16.3. The van der Waals surface area contributed by atoms with Gasteiger partial charge in [0.1, 0.15) is 0 Å². The van der Waals surface area contributed by atoms with Crippen molar-refractivity contribution in [3.8, 4) is 11.3 Å². The molecule has 0 amide bonds. The molecule has 0 aliphatic rings. The van der Waals surface area contributed by atoms with Gasteiger partial charge in [-0.15, -0.1) is 0 Å². The van der Waals surface area contributed by atoms with Crippen molar-refractivity contribution in [2.45, 2.75) is 15.8 Å². The Bertz CT molecular complexity index is 1210. The van der Waals surface area contributed by atoms with Crippen LogP contribution in [0.2, 0.25) is 0 Å². The van der Waals surface area contributed by atoms with Crippen molar-refractivity contribution in [1.82, 2.24) is 14.7 Å². The van der Waals surface area contributed by atoms with E-state index in [-0.39, 0.29) is 4.90 Å². The van der Waals surface area contributed by atoms with Gasteiger partial charge in [0.2, 0.25) is 10.0 Å². The number of fused-ring (bicyclic) bond motifs is 1. The first-order valence-corrected chi connectivity index (χ1v) is 10.6. The molecule has 27 heavy (non-hydrogen) atoms. The summed E-state index contributed by atoms with van der Waals surface area (Å²) in [6.07, 6.45) is 0. The van der Waals surface area contributed by atoms with Gasteiger partial charge in [0.15, 0.2) is 10.9 Å². The molecule has 0 unspecified atom stereocenters. The predicted octanol–water partition coefficient (Wildman–Crippen LogP) is 3.17. The van der Waals surface area contributed by atoms with Crippen LogP contribution in [0, 0.1) is 0 Å². The van der Waals surface area contributed by atoms with Gasteiger partial charge in [-0.25, -0.2) is 18.5 Å². The second kappa shape index (κ2) is 6.84. The van der Waals surface area contributed by atoms with E-state index in [1.165, 1.54) is 23.9 Å². The highest BCUT2D eigenvalue weighted by atomic mass is 32.2. The van der Waals surface area contributed by atoms with E-state index in [4.69, 9.17) is 9.66 Å². The molecule has 4 rings (SSSR count). The minimum Gasteiger partial charge on any atom is -0.356 e. The first-order valence-electron chi connectivity index (χ1n) is 8.05. The lowest BCUT2D eigenvalue weighted by Gasteiger charge is -2.00. The fourth-order valence-electron chi connectivity index (χ4n) is 2.72. The molecular weight excluding hydrogens is 384 g/mol. The van der Waals surface area contributed by atoms with E-state index in [1.807, 2.05) is 48.0 Å². The van der Waals surface area contributed by atoms with Crippen molar-refractivity contribution in [2.24, 2.45) is 12.2 Å². The Morgan fingerprint density at radius 1 is 1.15 bits per heavy atom. The number of sulfonamides is 1. The average Bonchev–Trinajstić information content (AvgIpc) is 3.25. The van der Waals surface area contributed by atoms with Gasteiger partial charge in [-0.05, 0) is 18.2 Å². The lowest BCUT2D eigenvalue weighted by molar-refractivity contribution is 0.426. The Balaban J connectivity index is 1.56. The van der Waals surface area contributed by atoms with Gasteiger partial charge in [-0.3, -0.25) is 0 Å². The van der Waals surface area contributed by atoms with Crippen LogP contribution in [0.15, 0.2) is 69.2 Å². The van der Waals surface area contributed by atoms with Crippen molar-refractivity contribution in [2.75, 3.05) is 0 Å². The maximum absolute atomic E-state index is 11.5. The van der Waals surface area contributed by atoms with Crippen molar-refractivity contribution in [3.63, 3.8) is 0 Å². The summed E-state index contributed by atoms with van der Waals surface area (Å²) in [5.41, 5.74) is 3.18. The molecule has 0 aliphatic heterocycles. The molecule has 0 spiro atoms. The first kappa shape index (κ1) is 17.8. The number of benzene rings is 2. The number of aryl methyl sites for hydroxylation is 1. The summed E-state index contributed by atoms with van der Waals surface area (Å²) in [4.78, 5) is 4.56. The van der Waals surface area contributed by atoms with Crippen LogP contribution in [0.3, 0.4) is 0 Å². The van der Waals surface area contributed by atoms with Crippen molar-refractivity contribution in [1.29, 1.82) is 0 Å². The smallest absolute Gasteiger partial charge is 0.238 e. The third-order valence-corrected chi connectivity index (χ3v) is 6.08. The largest absolute Gasteiger partial charge is 0.356 e. The number of primary sulfonamides is 1. The minimum absolute atomic E-state index is 0.0497. The highest BCUT2D eigenvalue weighted by Gasteiger charge is 2.14. The molecule has 0 atom stereocenters. The molecule has 0 radical (unpaired) electrons. The molecular formula is C18H16N4O3S2. The van der Waals surface area contributed by atoms with Crippen molar-refractivity contribution in [3.05, 3.63) is 60.3 Å². The van der Waals surface area contributed by atoms with E-state index in [1.54, 1.807) is 6.07 Å². The second-order valence-electron chi connectivity index (χ2n) is 5.99. The molecule has 4 aromatic rings. The molecule has 2 aromatic carbocycles. The number of thioether (sulfide) groups is 1. The Kier molecular flexibility index (Phi) is 4.50. The zero-order valence-corrected chi connectivity index (χ0v) is 16.0. The van der Waals surface area contributed by atoms with Gasteiger partial charge < -0.3 is 9.09 Å². The van der Waals surface area contributed by atoms with E-state index >= 15 is 0 Å². The predicted molar refractivity (Wildman–Crippen MR) is 104 cm³/mol. The summed E-state index contributed by atoms with van der Waals surface area (Å²) < 4.78 is 30.4. The van der Waals surface area contributed by atoms with Gasteiger partial charge in [-0.2, -0.15) is 0 Å². The molecule has 2 aromatic heterocycles. The van der Waals surface area contributed by atoms with Crippen molar-refractivity contribution < 1.29 is 12.9 Å². The molecule has 2 heterocycles. The number of nitrogens with two attached hydrogens (primary N) is 1. The number of nitrogens with zero attached hydrogens (tertiary/aromatic N) is 3. The highest BCUT2D eigenvalue weighted by molar-refractivity contribution is 7.98. The number of hydrogen-bond acceptors (Lipinski definition) is 6. The van der Waals surface area contributed by atoms with E-state index in [0.717, 1.165) is 21.9 Å². The standard InChI is InChI=1S/C18H16N4O3S2/c1-22-16-8-7-14(27(19,23)24)10-15(16)20-18(22)26-11-13-9-17(25-21-13)12-5-3-2-4-6-12/h2-10H,11H2,1H3,(H2,19,23,24). The number of hydrogen-bond donors (Lipinski definition) is 1. The fraction of sp³-hybridized carbons (Fsp3) is 0.111. The Morgan fingerprint density at radius 3 is 2.67 bits per heavy atom. The maximum atomic E-state index is 11.5. The number of rotatable bonds is 5. The van der Waals surface area contributed by atoms with Crippen LogP contribution in [-0.4, -0.2) is 23.1 Å². The van der Waals surface area contributed by atoms with Crippen LogP contribution >= 0.6 is 11.8 Å². The van der Waals surface area contributed by atoms with Gasteiger partial charge in [0.05, 0.1) is 21.6 Å². The second-order valence-corrected chi connectivity index (χ2v) is 8.49. The van der Waals surface area contributed by atoms with Crippen LogP contribution in [0.25, 0.3) is 22.4 Å². The molecule has 0 saturated heterocycles. The molecule has 7 nitrogen and oxygen atoms in total. The van der Waals surface area contributed by atoms with Crippen LogP contribution < -0.4 is 5.14 Å². The highest BCUT2D eigenvalue weighted by Crippen LogP contribution is 2.28. The van der Waals surface area contributed by atoms with E-state index in [0.29, 0.717) is 17.0 Å². The van der Waals surface area contributed by atoms with E-state index < -0.39 is 10.0 Å². The topological polar surface area (TPSA) is 104 Å². The maximum Gasteiger partial charge on any atom is 0.238 e. The van der Waals surface area contributed by atoms with Gasteiger partial charge in [0, 0.05) is 24.4 Å². The number of imidazole rings is 1. The summed E-state index contributed by atoms with van der Waals surface area (Å²) in [5.74, 6) is 1.30. The monoisotopic (exact) mass is 400 g/mol. The zero-order chi connectivity index (χ0) is 19.0. The van der Waals surface area contributed by atoms with Gasteiger partial charge >= 0.3 is 0 Å². The van der Waals surface area contributed by atoms with Crippen LogP contribution in [-0.2, 0) is 22.8 Å². The Hall–Kier alpha value is -2.62. The molecule has 9 heteroatoms. The summed E-state index contributed by atoms with van der Waals surface area (Å²) in [5, 5.41) is 10.1. The lowest BCUT2D eigenvalue weighted by Crippen LogP contribution is -2.11. The molecule has 2 N–H and O–H groups in total. The normalized spacial score (nSPS) is 11.9. The molecule has 0 bridgehead atoms. The summed E-state index contributed by atoms with van der Waals surface area (Å²) >= 11 is 1.50. The van der Waals surface area contributed by atoms with Gasteiger partial charge in [0.25, 0.3) is 0 Å². The van der Waals surface area contributed by atoms with Crippen LogP contribution in [0.1, 0.15) is 5.69 Å². The van der Waals surface area contributed by atoms with E-state index in [2.05, 4.69) is 10.1 Å². The SMILES string of the molecule is Cn1c(SCc2cc(-c3ccccc3)on2)nc2cc(S(N)(=O)=O)ccc21. The first-order chi connectivity index (χ1) is 12.9. The Morgan fingerprint density at radius 2 is 1.93 bits per heavy atom.